The van der Waals surface area contributed by atoms with E-state index in [1.54, 1.807) is 24.3 Å². The second kappa shape index (κ2) is 5.47. The highest BCUT2D eigenvalue weighted by Gasteiger charge is 2.22. The monoisotopic (exact) mass is 305 g/mol. The number of carbonyl (C=O) groups is 1. The van der Waals surface area contributed by atoms with Gasteiger partial charge < -0.3 is 10.4 Å². The second-order valence-corrected chi connectivity index (χ2v) is 5.51. The summed E-state index contributed by atoms with van der Waals surface area (Å²) in [6.45, 7) is 0. The van der Waals surface area contributed by atoms with Gasteiger partial charge in [-0.3, -0.25) is 4.79 Å². The van der Waals surface area contributed by atoms with Crippen LogP contribution in [0.3, 0.4) is 0 Å². The van der Waals surface area contributed by atoms with Crippen molar-refractivity contribution in [2.45, 2.75) is 18.9 Å². The molecule has 0 aromatic heterocycles. The largest absolute Gasteiger partial charge is 0.388 e. The molecule has 0 radical (unpaired) electrons. The summed E-state index contributed by atoms with van der Waals surface area (Å²) in [4.78, 5) is 11.4. The van der Waals surface area contributed by atoms with Crippen LogP contribution in [-0.4, -0.2) is 11.0 Å². The van der Waals surface area contributed by atoms with E-state index in [1.807, 2.05) is 0 Å². The van der Waals surface area contributed by atoms with E-state index >= 15 is 0 Å². The van der Waals surface area contributed by atoms with E-state index in [0.29, 0.717) is 21.8 Å². The summed E-state index contributed by atoms with van der Waals surface area (Å²) in [5.41, 5.74) is 2.74. The number of halogens is 2. The van der Waals surface area contributed by atoms with Gasteiger partial charge >= 0.3 is 0 Å². The molecular formula is C16H13ClFNO2. The molecule has 1 amide bonds. The Bertz CT molecular complexity index is 717. The zero-order chi connectivity index (χ0) is 15.0. The first-order valence-electron chi connectivity index (χ1n) is 6.57. The summed E-state index contributed by atoms with van der Waals surface area (Å²) in [5, 5.41) is 13.4. The number of rotatable bonds is 3. The molecule has 1 unspecified atom stereocenters. The van der Waals surface area contributed by atoms with Crippen molar-refractivity contribution in [2.75, 3.05) is 5.32 Å². The van der Waals surface area contributed by atoms with Crippen molar-refractivity contribution in [1.29, 1.82) is 0 Å². The van der Waals surface area contributed by atoms with Crippen molar-refractivity contribution >= 4 is 23.2 Å². The average Bonchev–Trinajstić information content (AvgIpc) is 2.76. The molecule has 2 aromatic rings. The predicted octanol–water partition coefficient (Wildman–Crippen LogP) is 3.25. The van der Waals surface area contributed by atoms with Crippen LogP contribution in [0.4, 0.5) is 10.1 Å². The van der Waals surface area contributed by atoms with Gasteiger partial charge in [0, 0.05) is 17.1 Å². The van der Waals surface area contributed by atoms with E-state index in [-0.39, 0.29) is 24.6 Å². The molecule has 2 aromatic carbocycles. The van der Waals surface area contributed by atoms with E-state index in [2.05, 4.69) is 5.32 Å². The van der Waals surface area contributed by atoms with E-state index in [0.717, 1.165) is 5.56 Å². The molecule has 1 aliphatic heterocycles. The smallest absolute Gasteiger partial charge is 0.228 e. The molecule has 21 heavy (non-hydrogen) atoms. The first kappa shape index (κ1) is 14.0. The number of amides is 1. The molecular weight excluding hydrogens is 293 g/mol. The van der Waals surface area contributed by atoms with Crippen LogP contribution in [0.15, 0.2) is 36.4 Å². The van der Waals surface area contributed by atoms with Gasteiger partial charge in [0.05, 0.1) is 12.5 Å². The number of fused-ring (bicyclic) bond motifs is 1. The minimum atomic E-state index is -0.847. The Kier molecular flexibility index (Phi) is 3.66. The highest BCUT2D eigenvalue weighted by atomic mass is 35.5. The number of aliphatic hydroxyl groups is 1. The van der Waals surface area contributed by atoms with Crippen LogP contribution in [0.5, 0.6) is 0 Å². The van der Waals surface area contributed by atoms with Crippen molar-refractivity contribution in [2.24, 2.45) is 0 Å². The lowest BCUT2D eigenvalue weighted by Gasteiger charge is -2.14. The topological polar surface area (TPSA) is 49.3 Å². The molecule has 3 rings (SSSR count). The van der Waals surface area contributed by atoms with Crippen molar-refractivity contribution in [3.63, 3.8) is 0 Å². The zero-order valence-corrected chi connectivity index (χ0v) is 11.8. The molecule has 0 saturated carbocycles. The van der Waals surface area contributed by atoms with Crippen molar-refractivity contribution in [1.82, 2.24) is 0 Å². The first-order valence-corrected chi connectivity index (χ1v) is 6.95. The Morgan fingerprint density at radius 3 is 2.90 bits per heavy atom. The van der Waals surface area contributed by atoms with Gasteiger partial charge in [0.2, 0.25) is 5.91 Å². The number of anilines is 1. The summed E-state index contributed by atoms with van der Waals surface area (Å²) in [6.07, 6.45) is -0.301. The number of carbonyl (C=O) groups excluding carboxylic acids is 1. The molecule has 0 bridgehead atoms. The Balaban J connectivity index is 1.87. The molecule has 1 heterocycles. The maximum atomic E-state index is 13.2. The number of aliphatic hydroxyl groups excluding tert-OH is 1. The van der Waals surface area contributed by atoms with E-state index in [4.69, 9.17) is 11.6 Å². The molecule has 2 N–H and O–H groups in total. The van der Waals surface area contributed by atoms with Gasteiger partial charge in [-0.25, -0.2) is 4.39 Å². The lowest BCUT2D eigenvalue weighted by Crippen LogP contribution is -2.04. The maximum Gasteiger partial charge on any atom is 0.228 e. The molecule has 5 heteroatoms. The van der Waals surface area contributed by atoms with Crippen LogP contribution in [0.25, 0.3) is 0 Å². The van der Waals surface area contributed by atoms with Gasteiger partial charge in [0.1, 0.15) is 5.82 Å². The Morgan fingerprint density at radius 1 is 1.33 bits per heavy atom. The molecule has 108 valence electrons. The highest BCUT2D eigenvalue weighted by molar-refractivity contribution is 6.32. The molecule has 3 nitrogen and oxygen atoms in total. The fraction of sp³-hybridized carbons (Fsp3) is 0.188. The lowest BCUT2D eigenvalue weighted by molar-refractivity contribution is -0.115. The van der Waals surface area contributed by atoms with Crippen LogP contribution in [0, 0.1) is 5.82 Å². The third-order valence-corrected chi connectivity index (χ3v) is 3.85. The fourth-order valence-corrected chi connectivity index (χ4v) is 2.81. The normalized spacial score (nSPS) is 14.7. The first-order chi connectivity index (χ1) is 10.0. The molecule has 0 fully saturated rings. The van der Waals surface area contributed by atoms with Crippen molar-refractivity contribution in [3.8, 4) is 0 Å². The second-order valence-electron chi connectivity index (χ2n) is 5.11. The quantitative estimate of drug-likeness (QED) is 0.914. The molecule has 1 atom stereocenters. The van der Waals surface area contributed by atoms with Gasteiger partial charge in [-0.05, 0) is 41.0 Å². The molecule has 0 spiro atoms. The average molecular weight is 306 g/mol. The summed E-state index contributed by atoms with van der Waals surface area (Å²) in [7, 11) is 0. The van der Waals surface area contributed by atoms with Gasteiger partial charge in [0.15, 0.2) is 0 Å². The molecule has 0 saturated heterocycles. The summed E-state index contributed by atoms with van der Waals surface area (Å²) in [5.74, 6) is -0.424. The minimum Gasteiger partial charge on any atom is -0.388 e. The standard InChI is InChI=1S/C16H13ClFNO2/c17-13-8-14-10(7-16(21)19-14)6-12(13)15(20)5-9-2-1-3-11(18)4-9/h1-4,6,8,15,20H,5,7H2,(H,19,21). The minimum absolute atomic E-state index is 0.0853. The van der Waals surface area contributed by atoms with Crippen LogP contribution in [-0.2, 0) is 17.6 Å². The third kappa shape index (κ3) is 2.91. The zero-order valence-electron chi connectivity index (χ0n) is 11.1. The van der Waals surface area contributed by atoms with Crippen molar-refractivity contribution in [3.05, 3.63) is 63.9 Å². The van der Waals surface area contributed by atoms with Crippen LogP contribution in [0.1, 0.15) is 22.8 Å². The van der Waals surface area contributed by atoms with Crippen molar-refractivity contribution < 1.29 is 14.3 Å². The number of hydrogen-bond donors (Lipinski definition) is 2. The van der Waals surface area contributed by atoms with Gasteiger partial charge in [0.25, 0.3) is 0 Å². The van der Waals surface area contributed by atoms with E-state index in [1.165, 1.54) is 12.1 Å². The van der Waals surface area contributed by atoms with Crippen LogP contribution in [0.2, 0.25) is 5.02 Å². The van der Waals surface area contributed by atoms with E-state index < -0.39 is 6.10 Å². The summed E-state index contributed by atoms with van der Waals surface area (Å²) < 4.78 is 13.2. The maximum absolute atomic E-state index is 13.2. The SMILES string of the molecule is O=C1Cc2cc(C(O)Cc3cccc(F)c3)c(Cl)cc2N1. The molecule has 0 aliphatic carbocycles. The Hall–Kier alpha value is -1.91. The third-order valence-electron chi connectivity index (χ3n) is 3.52. The van der Waals surface area contributed by atoms with Crippen LogP contribution >= 0.6 is 11.6 Å². The van der Waals surface area contributed by atoms with Gasteiger partial charge in [-0.15, -0.1) is 0 Å². The Morgan fingerprint density at radius 2 is 2.14 bits per heavy atom. The fourth-order valence-electron chi connectivity index (χ4n) is 2.52. The number of nitrogens with one attached hydrogen (secondary N) is 1. The highest BCUT2D eigenvalue weighted by Crippen LogP contribution is 2.34. The van der Waals surface area contributed by atoms with Gasteiger partial charge in [-0.1, -0.05) is 23.7 Å². The van der Waals surface area contributed by atoms with E-state index in [9.17, 15) is 14.3 Å². The summed E-state index contributed by atoms with van der Waals surface area (Å²) >= 11 is 6.16. The predicted molar refractivity (Wildman–Crippen MR) is 78.8 cm³/mol. The van der Waals surface area contributed by atoms with Crippen LogP contribution < -0.4 is 5.32 Å². The van der Waals surface area contributed by atoms with Gasteiger partial charge in [-0.2, -0.15) is 0 Å². The summed E-state index contributed by atoms with van der Waals surface area (Å²) in [6, 6.07) is 9.47. The lowest BCUT2D eigenvalue weighted by atomic mass is 9.98. The molecule has 1 aliphatic rings. The Labute approximate surface area is 126 Å². The number of benzene rings is 2. The number of hydrogen-bond acceptors (Lipinski definition) is 2.